The Morgan fingerprint density at radius 3 is 2.86 bits per heavy atom. The molecule has 22 heavy (non-hydrogen) atoms. The maximum atomic E-state index is 5.36. The van der Waals surface area contributed by atoms with Crippen LogP contribution >= 0.6 is 0 Å². The van der Waals surface area contributed by atoms with Crippen LogP contribution in [0.1, 0.15) is 30.5 Å². The molecular formula is C18H21N3O. The molecule has 0 saturated heterocycles. The van der Waals surface area contributed by atoms with E-state index in [1.165, 1.54) is 5.56 Å². The summed E-state index contributed by atoms with van der Waals surface area (Å²) in [7, 11) is 1.69. The lowest BCUT2D eigenvalue weighted by atomic mass is 9.91. The van der Waals surface area contributed by atoms with E-state index in [-0.39, 0.29) is 5.92 Å². The molecular weight excluding hydrogens is 274 g/mol. The number of benzene rings is 1. The number of amidine groups is 1. The summed E-state index contributed by atoms with van der Waals surface area (Å²) in [5.74, 6) is 2.10. The summed E-state index contributed by atoms with van der Waals surface area (Å²) in [6.45, 7) is 3.05. The summed E-state index contributed by atoms with van der Waals surface area (Å²) < 4.78 is 5.36. The van der Waals surface area contributed by atoms with Crippen LogP contribution < -0.4 is 10.1 Å². The van der Waals surface area contributed by atoms with Crippen LogP contribution in [0.5, 0.6) is 5.75 Å². The van der Waals surface area contributed by atoms with Crippen LogP contribution in [0, 0.1) is 0 Å². The van der Waals surface area contributed by atoms with E-state index in [0.717, 1.165) is 30.2 Å². The number of pyridine rings is 1. The Hall–Kier alpha value is -2.36. The first-order valence-corrected chi connectivity index (χ1v) is 7.61. The standard InChI is InChI=1S/C18H21N3O/c1-13-12-20-18(21-13)11-16(17-8-3-4-9-19-17)14-6-5-7-15(10-14)22-2/h3-10,13,16H,11-12H2,1-2H3,(H,20,21). The van der Waals surface area contributed by atoms with E-state index < -0.39 is 0 Å². The minimum Gasteiger partial charge on any atom is -0.497 e. The second-order valence-electron chi connectivity index (χ2n) is 5.59. The lowest BCUT2D eigenvalue weighted by Crippen LogP contribution is -2.22. The fourth-order valence-electron chi connectivity index (χ4n) is 2.77. The van der Waals surface area contributed by atoms with E-state index in [1.54, 1.807) is 7.11 Å². The number of nitrogens with one attached hydrogen (secondary N) is 1. The smallest absolute Gasteiger partial charge is 0.119 e. The Bertz CT molecular complexity index is 654. The number of methoxy groups -OCH3 is 1. The summed E-state index contributed by atoms with van der Waals surface area (Å²) in [6.07, 6.45) is 2.67. The predicted molar refractivity (Wildman–Crippen MR) is 88.6 cm³/mol. The Kier molecular flexibility index (Phi) is 4.37. The van der Waals surface area contributed by atoms with Crippen LogP contribution in [0.25, 0.3) is 0 Å². The Balaban J connectivity index is 1.93. The SMILES string of the molecule is COc1cccc(C(CC2=NC(C)CN2)c2ccccn2)c1. The zero-order valence-corrected chi connectivity index (χ0v) is 13.0. The monoisotopic (exact) mass is 295 g/mol. The van der Waals surface area contributed by atoms with Crippen molar-refractivity contribution in [3.63, 3.8) is 0 Å². The number of hydrogen-bond donors (Lipinski definition) is 1. The van der Waals surface area contributed by atoms with Crippen LogP contribution in [-0.4, -0.2) is 30.5 Å². The molecule has 1 N–H and O–H groups in total. The van der Waals surface area contributed by atoms with Crippen molar-refractivity contribution in [3.8, 4) is 5.75 Å². The summed E-state index contributed by atoms with van der Waals surface area (Å²) in [4.78, 5) is 9.22. The van der Waals surface area contributed by atoms with Gasteiger partial charge in [-0.2, -0.15) is 0 Å². The maximum absolute atomic E-state index is 5.36. The molecule has 2 heterocycles. The average Bonchev–Trinajstić information content (AvgIpc) is 2.98. The van der Waals surface area contributed by atoms with Gasteiger partial charge in [0.2, 0.25) is 0 Å². The molecule has 3 rings (SSSR count). The van der Waals surface area contributed by atoms with Gasteiger partial charge in [-0.25, -0.2) is 0 Å². The predicted octanol–water partition coefficient (Wildman–Crippen LogP) is 3.00. The van der Waals surface area contributed by atoms with Gasteiger partial charge in [-0.3, -0.25) is 9.98 Å². The van der Waals surface area contributed by atoms with Gasteiger partial charge in [-0.1, -0.05) is 18.2 Å². The number of rotatable bonds is 5. The molecule has 4 nitrogen and oxygen atoms in total. The third-order valence-corrected chi connectivity index (χ3v) is 3.92. The zero-order chi connectivity index (χ0) is 15.4. The van der Waals surface area contributed by atoms with E-state index in [0.29, 0.717) is 6.04 Å². The lowest BCUT2D eigenvalue weighted by molar-refractivity contribution is 0.414. The highest BCUT2D eigenvalue weighted by molar-refractivity contribution is 5.85. The van der Waals surface area contributed by atoms with Gasteiger partial charge in [0, 0.05) is 30.8 Å². The molecule has 0 amide bonds. The molecule has 0 spiro atoms. The molecule has 1 aliphatic heterocycles. The Morgan fingerprint density at radius 2 is 2.18 bits per heavy atom. The largest absolute Gasteiger partial charge is 0.497 e. The fraction of sp³-hybridized carbons (Fsp3) is 0.333. The number of ether oxygens (including phenoxy) is 1. The van der Waals surface area contributed by atoms with Crippen LogP contribution in [0.4, 0.5) is 0 Å². The van der Waals surface area contributed by atoms with E-state index in [4.69, 9.17) is 4.74 Å². The van der Waals surface area contributed by atoms with Gasteiger partial charge in [0.15, 0.2) is 0 Å². The van der Waals surface area contributed by atoms with Gasteiger partial charge in [-0.05, 0) is 36.8 Å². The topological polar surface area (TPSA) is 46.5 Å². The molecule has 1 aromatic heterocycles. The molecule has 2 atom stereocenters. The molecule has 0 aliphatic carbocycles. The quantitative estimate of drug-likeness (QED) is 0.922. The number of aromatic nitrogens is 1. The molecule has 0 fully saturated rings. The average molecular weight is 295 g/mol. The minimum absolute atomic E-state index is 0.174. The van der Waals surface area contributed by atoms with Crippen molar-refractivity contribution in [1.82, 2.24) is 10.3 Å². The molecule has 114 valence electrons. The Labute approximate surface area is 131 Å². The highest BCUT2D eigenvalue weighted by Crippen LogP contribution is 2.29. The van der Waals surface area contributed by atoms with Crippen LogP contribution in [0.2, 0.25) is 0 Å². The summed E-state index contributed by atoms with van der Waals surface area (Å²) >= 11 is 0. The fourth-order valence-corrected chi connectivity index (χ4v) is 2.77. The van der Waals surface area contributed by atoms with E-state index in [2.05, 4.69) is 40.4 Å². The van der Waals surface area contributed by atoms with Crippen molar-refractivity contribution in [1.29, 1.82) is 0 Å². The summed E-state index contributed by atoms with van der Waals surface area (Å²) in [5, 5.41) is 3.40. The van der Waals surface area contributed by atoms with Gasteiger partial charge in [0.05, 0.1) is 19.0 Å². The molecule has 4 heteroatoms. The molecule has 0 bridgehead atoms. The highest BCUT2D eigenvalue weighted by Gasteiger charge is 2.21. The van der Waals surface area contributed by atoms with E-state index >= 15 is 0 Å². The molecule has 2 aromatic rings. The normalized spacial score (nSPS) is 18.5. The van der Waals surface area contributed by atoms with Gasteiger partial charge in [0.1, 0.15) is 5.75 Å². The second kappa shape index (κ2) is 6.60. The second-order valence-corrected chi connectivity index (χ2v) is 5.59. The Morgan fingerprint density at radius 1 is 1.27 bits per heavy atom. The molecule has 0 saturated carbocycles. The van der Waals surface area contributed by atoms with Gasteiger partial charge >= 0.3 is 0 Å². The minimum atomic E-state index is 0.174. The third-order valence-electron chi connectivity index (χ3n) is 3.92. The van der Waals surface area contributed by atoms with Crippen LogP contribution in [0.15, 0.2) is 53.7 Å². The van der Waals surface area contributed by atoms with Crippen molar-refractivity contribution >= 4 is 5.84 Å². The van der Waals surface area contributed by atoms with Crippen molar-refractivity contribution in [2.24, 2.45) is 4.99 Å². The number of aliphatic imine (C=N–C) groups is 1. The highest BCUT2D eigenvalue weighted by atomic mass is 16.5. The van der Waals surface area contributed by atoms with Crippen molar-refractivity contribution in [2.45, 2.75) is 25.3 Å². The lowest BCUT2D eigenvalue weighted by Gasteiger charge is -2.18. The third kappa shape index (κ3) is 3.27. The van der Waals surface area contributed by atoms with Crippen LogP contribution in [-0.2, 0) is 0 Å². The van der Waals surface area contributed by atoms with E-state index in [9.17, 15) is 0 Å². The maximum Gasteiger partial charge on any atom is 0.119 e. The number of hydrogen-bond acceptors (Lipinski definition) is 4. The first-order chi connectivity index (χ1) is 10.8. The summed E-state index contributed by atoms with van der Waals surface area (Å²) in [5.41, 5.74) is 2.25. The first kappa shape index (κ1) is 14.6. The van der Waals surface area contributed by atoms with Gasteiger partial charge < -0.3 is 10.1 Å². The zero-order valence-electron chi connectivity index (χ0n) is 13.0. The first-order valence-electron chi connectivity index (χ1n) is 7.61. The van der Waals surface area contributed by atoms with Crippen molar-refractivity contribution < 1.29 is 4.74 Å². The van der Waals surface area contributed by atoms with Gasteiger partial charge in [-0.15, -0.1) is 0 Å². The molecule has 1 aliphatic rings. The molecule has 0 radical (unpaired) electrons. The molecule has 1 aromatic carbocycles. The van der Waals surface area contributed by atoms with E-state index in [1.807, 2.05) is 30.5 Å². The molecule has 2 unspecified atom stereocenters. The summed E-state index contributed by atoms with van der Waals surface area (Å²) in [6, 6.07) is 14.6. The van der Waals surface area contributed by atoms with Crippen molar-refractivity contribution in [3.05, 3.63) is 59.9 Å². The van der Waals surface area contributed by atoms with Crippen molar-refractivity contribution in [2.75, 3.05) is 13.7 Å². The number of nitrogens with zero attached hydrogens (tertiary/aromatic N) is 2. The van der Waals surface area contributed by atoms with Crippen LogP contribution in [0.3, 0.4) is 0 Å². The van der Waals surface area contributed by atoms with Gasteiger partial charge in [0.25, 0.3) is 0 Å².